The van der Waals surface area contributed by atoms with Gasteiger partial charge in [-0.3, -0.25) is 0 Å². The highest BCUT2D eigenvalue weighted by Gasteiger charge is 2.03. The number of unbranched alkanes of at least 4 members (excludes halogenated alkanes) is 9. The Morgan fingerprint density at radius 2 is 1.43 bits per heavy atom. The molecular formula is C18H34O3. The maximum Gasteiger partial charge on any atom is 0.327 e. The molecule has 0 aromatic heterocycles. The monoisotopic (exact) mass is 298 g/mol. The van der Waals surface area contributed by atoms with Gasteiger partial charge in [0.05, 0.1) is 6.10 Å². The van der Waals surface area contributed by atoms with Crippen molar-refractivity contribution < 1.29 is 15.0 Å². The first-order valence-electron chi connectivity index (χ1n) is 8.74. The molecule has 1 atom stereocenters. The number of aliphatic hydroxyl groups is 1. The van der Waals surface area contributed by atoms with Gasteiger partial charge < -0.3 is 10.2 Å². The molecule has 0 aromatic rings. The van der Waals surface area contributed by atoms with E-state index in [2.05, 4.69) is 6.92 Å². The van der Waals surface area contributed by atoms with Crippen molar-refractivity contribution in [1.29, 1.82) is 0 Å². The molecule has 0 aliphatic heterocycles. The van der Waals surface area contributed by atoms with E-state index in [4.69, 9.17) is 5.11 Å². The van der Waals surface area contributed by atoms with Gasteiger partial charge in [-0.1, -0.05) is 70.8 Å². The predicted molar refractivity (Wildman–Crippen MR) is 88.5 cm³/mol. The summed E-state index contributed by atoms with van der Waals surface area (Å²) in [5, 5.41) is 18.3. The highest BCUT2D eigenvalue weighted by atomic mass is 16.4. The molecule has 21 heavy (non-hydrogen) atoms. The number of aliphatic hydroxyl groups excluding tert-OH is 1. The van der Waals surface area contributed by atoms with Crippen molar-refractivity contribution in [3.63, 3.8) is 0 Å². The van der Waals surface area contributed by atoms with Crippen molar-refractivity contribution in [2.45, 2.75) is 96.5 Å². The number of rotatable bonds is 15. The molecule has 2 N–H and O–H groups in total. The summed E-state index contributed by atoms with van der Waals surface area (Å²) in [5.74, 6) is -0.875. The standard InChI is InChI=1S/C18H34O3/c1-2-3-4-5-6-8-11-14-17(19)15-12-9-7-10-13-16-18(20)21/h13,16-17,19H,2-12,14-15H2,1H3,(H,20,21)/b16-13-. The lowest BCUT2D eigenvalue weighted by Crippen LogP contribution is -2.05. The van der Waals surface area contributed by atoms with Crippen LogP contribution in [0.2, 0.25) is 0 Å². The summed E-state index contributed by atoms with van der Waals surface area (Å²) in [6.45, 7) is 2.23. The Labute approximate surface area is 130 Å². The predicted octanol–water partition coefficient (Wildman–Crippen LogP) is 5.08. The van der Waals surface area contributed by atoms with Gasteiger partial charge in [-0.15, -0.1) is 0 Å². The van der Waals surface area contributed by atoms with E-state index in [1.165, 1.54) is 44.6 Å². The van der Waals surface area contributed by atoms with E-state index in [1.54, 1.807) is 6.08 Å². The molecule has 0 saturated heterocycles. The van der Waals surface area contributed by atoms with E-state index < -0.39 is 5.97 Å². The number of carbonyl (C=O) groups is 1. The van der Waals surface area contributed by atoms with Crippen LogP contribution in [0.1, 0.15) is 90.4 Å². The molecule has 0 fully saturated rings. The normalized spacial score (nSPS) is 12.9. The molecule has 0 amide bonds. The Bertz CT molecular complexity index is 261. The molecule has 0 aromatic carbocycles. The zero-order valence-electron chi connectivity index (χ0n) is 13.7. The molecule has 3 nitrogen and oxygen atoms in total. The van der Waals surface area contributed by atoms with E-state index >= 15 is 0 Å². The van der Waals surface area contributed by atoms with Crippen molar-refractivity contribution in [1.82, 2.24) is 0 Å². The van der Waals surface area contributed by atoms with Gasteiger partial charge in [0, 0.05) is 6.08 Å². The molecule has 0 heterocycles. The van der Waals surface area contributed by atoms with Crippen LogP contribution in [0.4, 0.5) is 0 Å². The van der Waals surface area contributed by atoms with Gasteiger partial charge >= 0.3 is 5.97 Å². The number of carboxylic acids is 1. The molecule has 1 unspecified atom stereocenters. The van der Waals surface area contributed by atoms with Crippen molar-refractivity contribution >= 4 is 5.97 Å². The van der Waals surface area contributed by atoms with Crippen LogP contribution in [0.3, 0.4) is 0 Å². The highest BCUT2D eigenvalue weighted by Crippen LogP contribution is 2.13. The fourth-order valence-corrected chi connectivity index (χ4v) is 2.48. The third-order valence-electron chi connectivity index (χ3n) is 3.81. The molecule has 0 saturated carbocycles. The maximum atomic E-state index is 10.3. The lowest BCUT2D eigenvalue weighted by molar-refractivity contribution is -0.131. The summed E-state index contributed by atoms with van der Waals surface area (Å²) in [4.78, 5) is 10.3. The number of aliphatic carboxylic acids is 1. The molecule has 0 bridgehead atoms. The number of allylic oxidation sites excluding steroid dienone is 1. The molecule has 0 aliphatic rings. The molecule has 0 rings (SSSR count). The van der Waals surface area contributed by atoms with Crippen LogP contribution in [0.15, 0.2) is 12.2 Å². The van der Waals surface area contributed by atoms with Crippen molar-refractivity contribution in [2.75, 3.05) is 0 Å². The number of hydrogen-bond donors (Lipinski definition) is 2. The third-order valence-corrected chi connectivity index (χ3v) is 3.81. The van der Waals surface area contributed by atoms with E-state index in [0.29, 0.717) is 0 Å². The largest absolute Gasteiger partial charge is 0.478 e. The van der Waals surface area contributed by atoms with Gasteiger partial charge in [0.15, 0.2) is 0 Å². The van der Waals surface area contributed by atoms with Gasteiger partial charge in [0.1, 0.15) is 0 Å². The maximum absolute atomic E-state index is 10.3. The van der Waals surface area contributed by atoms with Crippen molar-refractivity contribution in [3.8, 4) is 0 Å². The molecule has 0 spiro atoms. The van der Waals surface area contributed by atoms with Crippen LogP contribution in [0.25, 0.3) is 0 Å². The first-order valence-corrected chi connectivity index (χ1v) is 8.74. The zero-order valence-corrected chi connectivity index (χ0v) is 13.7. The van der Waals surface area contributed by atoms with Gasteiger partial charge in [-0.2, -0.15) is 0 Å². The van der Waals surface area contributed by atoms with Crippen LogP contribution >= 0.6 is 0 Å². The average molecular weight is 298 g/mol. The van der Waals surface area contributed by atoms with E-state index in [9.17, 15) is 9.90 Å². The second-order valence-corrected chi connectivity index (χ2v) is 5.94. The SMILES string of the molecule is CCCCCCCCCC(O)CCCCC/C=C\C(=O)O. The van der Waals surface area contributed by atoms with Gasteiger partial charge in [0.25, 0.3) is 0 Å². The smallest absolute Gasteiger partial charge is 0.327 e. The van der Waals surface area contributed by atoms with Crippen LogP contribution in [-0.2, 0) is 4.79 Å². The topological polar surface area (TPSA) is 57.5 Å². The minimum Gasteiger partial charge on any atom is -0.478 e. The molecule has 0 radical (unpaired) electrons. The Balaban J connectivity index is 3.23. The Kier molecular flexibility index (Phi) is 14.9. The minimum absolute atomic E-state index is 0.143. The molecular weight excluding hydrogens is 264 g/mol. The van der Waals surface area contributed by atoms with E-state index in [1.807, 2.05) is 0 Å². The van der Waals surface area contributed by atoms with Crippen LogP contribution in [-0.4, -0.2) is 22.3 Å². The first-order chi connectivity index (χ1) is 10.2. The zero-order chi connectivity index (χ0) is 15.8. The second kappa shape index (κ2) is 15.6. The van der Waals surface area contributed by atoms with Crippen LogP contribution < -0.4 is 0 Å². The Morgan fingerprint density at radius 3 is 2.00 bits per heavy atom. The molecule has 3 heteroatoms. The Hall–Kier alpha value is -0.830. The summed E-state index contributed by atoms with van der Waals surface area (Å²) in [6, 6.07) is 0. The summed E-state index contributed by atoms with van der Waals surface area (Å²) in [7, 11) is 0. The second-order valence-electron chi connectivity index (χ2n) is 5.94. The van der Waals surface area contributed by atoms with Gasteiger partial charge in [-0.25, -0.2) is 4.79 Å². The number of carboxylic acid groups (broad SMARTS) is 1. The average Bonchev–Trinajstić information content (AvgIpc) is 2.45. The lowest BCUT2D eigenvalue weighted by Gasteiger charge is -2.10. The summed E-state index contributed by atoms with van der Waals surface area (Å²) in [6.07, 6.45) is 17.6. The van der Waals surface area contributed by atoms with E-state index in [-0.39, 0.29) is 6.10 Å². The van der Waals surface area contributed by atoms with Crippen LogP contribution in [0, 0.1) is 0 Å². The summed E-state index contributed by atoms with van der Waals surface area (Å²) >= 11 is 0. The highest BCUT2D eigenvalue weighted by molar-refractivity contribution is 5.79. The lowest BCUT2D eigenvalue weighted by atomic mass is 10.0. The fourth-order valence-electron chi connectivity index (χ4n) is 2.48. The quantitative estimate of drug-likeness (QED) is 0.327. The molecule has 124 valence electrons. The Morgan fingerprint density at radius 1 is 0.905 bits per heavy atom. The first kappa shape index (κ1) is 20.2. The fraction of sp³-hybridized carbons (Fsp3) is 0.833. The van der Waals surface area contributed by atoms with Crippen LogP contribution in [0.5, 0.6) is 0 Å². The third kappa shape index (κ3) is 17.1. The van der Waals surface area contributed by atoms with E-state index in [0.717, 1.165) is 44.9 Å². The van der Waals surface area contributed by atoms with Crippen molar-refractivity contribution in [2.24, 2.45) is 0 Å². The summed E-state index contributed by atoms with van der Waals surface area (Å²) in [5.41, 5.74) is 0. The van der Waals surface area contributed by atoms with Gasteiger partial charge in [-0.05, 0) is 25.7 Å². The number of hydrogen-bond acceptors (Lipinski definition) is 2. The summed E-state index contributed by atoms with van der Waals surface area (Å²) < 4.78 is 0. The van der Waals surface area contributed by atoms with Gasteiger partial charge in [0.2, 0.25) is 0 Å². The van der Waals surface area contributed by atoms with Crippen molar-refractivity contribution in [3.05, 3.63) is 12.2 Å². The molecule has 0 aliphatic carbocycles. The minimum atomic E-state index is -0.875.